The summed E-state index contributed by atoms with van der Waals surface area (Å²) in [6.07, 6.45) is 3.83. The van der Waals surface area contributed by atoms with Crippen LogP contribution in [-0.4, -0.2) is 32.3 Å². The van der Waals surface area contributed by atoms with Gasteiger partial charge in [-0.1, -0.05) is 0 Å². The summed E-state index contributed by atoms with van der Waals surface area (Å²) in [5, 5.41) is 0. The molecule has 2 heterocycles. The number of nitrogens with zero attached hydrogens (tertiary/aromatic N) is 2. The minimum absolute atomic E-state index is 0.277. The first-order chi connectivity index (χ1) is 10.7. The van der Waals surface area contributed by atoms with Crippen molar-refractivity contribution in [3.63, 3.8) is 0 Å². The number of anilines is 1. The van der Waals surface area contributed by atoms with Gasteiger partial charge in [-0.15, -0.1) is 0 Å². The molecule has 2 aromatic rings. The van der Waals surface area contributed by atoms with E-state index in [4.69, 9.17) is 9.47 Å². The zero-order valence-corrected chi connectivity index (χ0v) is 12.8. The average Bonchev–Trinajstić information content (AvgIpc) is 3.04. The normalized spacial score (nSPS) is 17.6. The zero-order chi connectivity index (χ0) is 15.5. The molecule has 0 bridgehead atoms. The molecule has 1 saturated heterocycles. The largest absolute Gasteiger partial charge is 0.497 e. The second-order valence-electron chi connectivity index (χ2n) is 5.37. The van der Waals surface area contributed by atoms with Crippen LogP contribution in [0.15, 0.2) is 36.7 Å². The number of hydrogen-bond acceptors (Lipinski definition) is 4. The lowest BCUT2D eigenvalue weighted by Crippen LogP contribution is -2.20. The third-order valence-electron chi connectivity index (χ3n) is 4.16. The van der Waals surface area contributed by atoms with Gasteiger partial charge in [-0.05, 0) is 30.7 Å². The lowest BCUT2D eigenvalue weighted by molar-refractivity contribution is 0.396. The molecule has 0 aliphatic carbocycles. The number of methoxy groups -OCH3 is 2. The van der Waals surface area contributed by atoms with Gasteiger partial charge in [-0.25, -0.2) is 4.39 Å². The van der Waals surface area contributed by atoms with Crippen molar-refractivity contribution in [1.29, 1.82) is 0 Å². The van der Waals surface area contributed by atoms with Crippen molar-refractivity contribution in [1.82, 2.24) is 4.98 Å². The predicted molar refractivity (Wildman–Crippen MR) is 83.3 cm³/mol. The van der Waals surface area contributed by atoms with Gasteiger partial charge in [-0.3, -0.25) is 4.98 Å². The molecule has 4 nitrogen and oxygen atoms in total. The Hall–Kier alpha value is -2.30. The monoisotopic (exact) mass is 302 g/mol. The second-order valence-corrected chi connectivity index (χ2v) is 5.37. The topological polar surface area (TPSA) is 34.6 Å². The van der Waals surface area contributed by atoms with E-state index in [2.05, 4.69) is 9.88 Å². The molecule has 0 N–H and O–H groups in total. The third kappa shape index (κ3) is 2.71. The second kappa shape index (κ2) is 6.22. The molecular weight excluding hydrogens is 283 g/mol. The van der Waals surface area contributed by atoms with Crippen molar-refractivity contribution in [3.8, 4) is 11.5 Å². The first kappa shape index (κ1) is 14.6. The summed E-state index contributed by atoms with van der Waals surface area (Å²) < 4.78 is 24.7. The van der Waals surface area contributed by atoms with Gasteiger partial charge in [0.1, 0.15) is 11.5 Å². The number of aromatic nitrogens is 1. The van der Waals surface area contributed by atoms with E-state index in [0.29, 0.717) is 5.69 Å². The number of halogens is 1. The summed E-state index contributed by atoms with van der Waals surface area (Å²) in [6.45, 7) is 1.57. The molecule has 1 atom stereocenters. The molecule has 0 radical (unpaired) electrons. The van der Waals surface area contributed by atoms with Crippen LogP contribution in [0.3, 0.4) is 0 Å². The molecule has 1 aromatic carbocycles. The van der Waals surface area contributed by atoms with Crippen LogP contribution in [0, 0.1) is 5.82 Å². The third-order valence-corrected chi connectivity index (χ3v) is 4.16. The van der Waals surface area contributed by atoms with E-state index in [-0.39, 0.29) is 11.7 Å². The van der Waals surface area contributed by atoms with Gasteiger partial charge in [-0.2, -0.15) is 0 Å². The maximum Gasteiger partial charge on any atom is 0.164 e. The van der Waals surface area contributed by atoms with Crippen molar-refractivity contribution >= 4 is 5.69 Å². The summed E-state index contributed by atoms with van der Waals surface area (Å²) in [4.78, 5) is 5.86. The Balaban J connectivity index is 1.85. The number of hydrogen-bond donors (Lipinski definition) is 0. The van der Waals surface area contributed by atoms with E-state index in [1.807, 2.05) is 18.2 Å². The number of benzene rings is 1. The summed E-state index contributed by atoms with van der Waals surface area (Å²) in [6, 6.07) is 7.54. The molecule has 0 amide bonds. The maximum absolute atomic E-state index is 13.9. The molecule has 3 rings (SSSR count). The highest BCUT2D eigenvalue weighted by Crippen LogP contribution is 2.37. The number of ether oxygens (including phenoxy) is 2. The molecule has 1 aliphatic rings. The minimum Gasteiger partial charge on any atom is -0.497 e. The van der Waals surface area contributed by atoms with Crippen LogP contribution >= 0.6 is 0 Å². The van der Waals surface area contributed by atoms with Gasteiger partial charge in [0, 0.05) is 30.8 Å². The van der Waals surface area contributed by atoms with Crippen LogP contribution in [0.1, 0.15) is 17.9 Å². The van der Waals surface area contributed by atoms with Crippen LogP contribution < -0.4 is 14.4 Å². The quantitative estimate of drug-likeness (QED) is 0.868. The molecule has 116 valence electrons. The highest BCUT2D eigenvalue weighted by atomic mass is 19.1. The van der Waals surface area contributed by atoms with Gasteiger partial charge in [0.2, 0.25) is 0 Å². The zero-order valence-electron chi connectivity index (χ0n) is 12.8. The predicted octanol–water partition coefficient (Wildman–Crippen LogP) is 3.23. The summed E-state index contributed by atoms with van der Waals surface area (Å²) in [7, 11) is 3.32. The molecule has 1 aromatic heterocycles. The Bertz CT molecular complexity index is 663. The summed E-state index contributed by atoms with van der Waals surface area (Å²) in [5.41, 5.74) is 1.72. The van der Waals surface area contributed by atoms with E-state index in [1.165, 1.54) is 6.20 Å². The SMILES string of the molecule is COc1ccc(OC)c(C2CCN(c3ccncc3F)C2)c1. The van der Waals surface area contributed by atoms with E-state index < -0.39 is 0 Å². The van der Waals surface area contributed by atoms with Crippen LogP contribution in [0.5, 0.6) is 11.5 Å². The minimum atomic E-state index is -0.277. The highest BCUT2D eigenvalue weighted by molar-refractivity contribution is 5.50. The van der Waals surface area contributed by atoms with Crippen LogP contribution in [0.25, 0.3) is 0 Å². The molecule has 22 heavy (non-hydrogen) atoms. The van der Waals surface area contributed by atoms with Crippen molar-refractivity contribution in [2.24, 2.45) is 0 Å². The fraction of sp³-hybridized carbons (Fsp3) is 0.353. The van der Waals surface area contributed by atoms with Crippen molar-refractivity contribution in [2.45, 2.75) is 12.3 Å². The Morgan fingerprint density at radius 2 is 2.09 bits per heavy atom. The smallest absolute Gasteiger partial charge is 0.164 e. The van der Waals surface area contributed by atoms with Crippen molar-refractivity contribution < 1.29 is 13.9 Å². The van der Waals surface area contributed by atoms with E-state index >= 15 is 0 Å². The molecule has 0 saturated carbocycles. The Kier molecular flexibility index (Phi) is 4.13. The van der Waals surface area contributed by atoms with Crippen molar-refractivity contribution in [2.75, 3.05) is 32.2 Å². The number of pyridine rings is 1. The van der Waals surface area contributed by atoms with E-state index in [1.54, 1.807) is 26.5 Å². The fourth-order valence-corrected chi connectivity index (χ4v) is 3.02. The first-order valence-corrected chi connectivity index (χ1v) is 7.29. The fourth-order valence-electron chi connectivity index (χ4n) is 3.02. The molecule has 1 aliphatic heterocycles. The van der Waals surface area contributed by atoms with Crippen molar-refractivity contribution in [3.05, 3.63) is 48.0 Å². The van der Waals surface area contributed by atoms with Gasteiger partial charge in [0.25, 0.3) is 0 Å². The molecule has 0 spiro atoms. The van der Waals surface area contributed by atoms with Crippen LogP contribution in [0.4, 0.5) is 10.1 Å². The lowest BCUT2D eigenvalue weighted by atomic mass is 9.97. The molecular formula is C17H19FN2O2. The Morgan fingerprint density at radius 1 is 1.23 bits per heavy atom. The van der Waals surface area contributed by atoms with Crippen LogP contribution in [-0.2, 0) is 0 Å². The average molecular weight is 302 g/mol. The molecule has 5 heteroatoms. The molecule has 1 unspecified atom stereocenters. The maximum atomic E-state index is 13.9. The van der Waals surface area contributed by atoms with E-state index in [0.717, 1.165) is 36.6 Å². The molecule has 1 fully saturated rings. The van der Waals surface area contributed by atoms with Gasteiger partial charge in [0.05, 0.1) is 26.1 Å². The standard InChI is InChI=1S/C17H19FN2O2/c1-21-13-3-4-17(22-2)14(9-13)12-6-8-20(11-12)16-5-7-19-10-15(16)18/h3-5,7,9-10,12H,6,8,11H2,1-2H3. The van der Waals surface area contributed by atoms with Gasteiger partial charge < -0.3 is 14.4 Å². The summed E-state index contributed by atoms with van der Waals surface area (Å²) in [5.74, 6) is 1.67. The Morgan fingerprint density at radius 3 is 2.82 bits per heavy atom. The van der Waals surface area contributed by atoms with Gasteiger partial charge >= 0.3 is 0 Å². The van der Waals surface area contributed by atoms with Crippen LogP contribution in [0.2, 0.25) is 0 Å². The van der Waals surface area contributed by atoms with E-state index in [9.17, 15) is 4.39 Å². The highest BCUT2D eigenvalue weighted by Gasteiger charge is 2.28. The lowest BCUT2D eigenvalue weighted by Gasteiger charge is -2.20. The first-order valence-electron chi connectivity index (χ1n) is 7.29. The Labute approximate surface area is 129 Å². The summed E-state index contributed by atoms with van der Waals surface area (Å²) >= 11 is 0. The van der Waals surface area contributed by atoms with Gasteiger partial charge in [0.15, 0.2) is 5.82 Å². The number of rotatable bonds is 4.